The van der Waals surface area contributed by atoms with Crippen LogP contribution in [0.5, 0.6) is 0 Å². The topological polar surface area (TPSA) is 108 Å². The zero-order valence-corrected chi connectivity index (χ0v) is 12.4. The molecule has 0 aromatic carbocycles. The molecule has 7 nitrogen and oxygen atoms in total. The number of carbonyl (C=O) groups excluding carboxylic acids is 2. The van der Waals surface area contributed by atoms with E-state index in [0.717, 1.165) is 12.8 Å². The van der Waals surface area contributed by atoms with Crippen molar-refractivity contribution in [3.05, 3.63) is 0 Å². The van der Waals surface area contributed by atoms with E-state index in [4.69, 9.17) is 5.11 Å². The quantitative estimate of drug-likeness (QED) is 0.499. The smallest absolute Gasteiger partial charge is 0.321 e. The van der Waals surface area contributed by atoms with E-state index in [1.165, 1.54) is 0 Å². The van der Waals surface area contributed by atoms with Gasteiger partial charge in [-0.05, 0) is 26.7 Å². The molecule has 0 rings (SSSR count). The van der Waals surface area contributed by atoms with Crippen LogP contribution < -0.4 is 16.0 Å². The summed E-state index contributed by atoms with van der Waals surface area (Å²) < 4.78 is 0. The van der Waals surface area contributed by atoms with Crippen molar-refractivity contribution in [1.82, 2.24) is 16.0 Å². The molecule has 0 aliphatic heterocycles. The molecule has 0 bridgehead atoms. The Kier molecular flexibility index (Phi) is 9.36. The molecule has 0 radical (unpaired) electrons. The summed E-state index contributed by atoms with van der Waals surface area (Å²) in [6.07, 6.45) is 2.18. The van der Waals surface area contributed by atoms with Gasteiger partial charge in [-0.1, -0.05) is 13.3 Å². The third-order valence-corrected chi connectivity index (χ3v) is 2.90. The average molecular weight is 287 g/mol. The molecule has 2 unspecified atom stereocenters. The van der Waals surface area contributed by atoms with Crippen molar-refractivity contribution in [2.75, 3.05) is 13.1 Å². The van der Waals surface area contributed by atoms with Gasteiger partial charge >= 0.3 is 12.0 Å². The van der Waals surface area contributed by atoms with Crippen LogP contribution in [-0.2, 0) is 9.59 Å². The Morgan fingerprint density at radius 1 is 1.15 bits per heavy atom. The van der Waals surface area contributed by atoms with Gasteiger partial charge in [0.1, 0.15) is 0 Å². The summed E-state index contributed by atoms with van der Waals surface area (Å²) in [5.74, 6) is -1.52. The molecule has 0 fully saturated rings. The van der Waals surface area contributed by atoms with E-state index in [-0.39, 0.29) is 24.4 Å². The molecule has 0 aromatic rings. The predicted molar refractivity (Wildman–Crippen MR) is 75.3 cm³/mol. The average Bonchev–Trinajstić information content (AvgIpc) is 2.36. The first-order valence-electron chi connectivity index (χ1n) is 6.90. The number of imide groups is 1. The van der Waals surface area contributed by atoms with Gasteiger partial charge < -0.3 is 15.7 Å². The molecule has 4 N–H and O–H groups in total. The zero-order chi connectivity index (χ0) is 15.5. The molecule has 0 heterocycles. The van der Waals surface area contributed by atoms with Crippen molar-refractivity contribution in [3.8, 4) is 0 Å². The third kappa shape index (κ3) is 9.32. The Hall–Kier alpha value is -1.63. The summed E-state index contributed by atoms with van der Waals surface area (Å²) in [6, 6.07) is -0.404. The molecule has 116 valence electrons. The maximum absolute atomic E-state index is 11.4. The fourth-order valence-corrected chi connectivity index (χ4v) is 1.60. The van der Waals surface area contributed by atoms with Crippen LogP contribution in [0.4, 0.5) is 4.79 Å². The number of nitrogens with one attached hydrogen (secondary N) is 3. The molecule has 0 saturated heterocycles. The van der Waals surface area contributed by atoms with E-state index < -0.39 is 12.0 Å². The van der Waals surface area contributed by atoms with E-state index in [0.29, 0.717) is 13.0 Å². The highest BCUT2D eigenvalue weighted by Crippen LogP contribution is 2.09. The Bertz CT molecular complexity index is 334. The third-order valence-electron chi connectivity index (χ3n) is 2.90. The largest absolute Gasteiger partial charge is 0.481 e. The SMILES string of the molecule is CCNC(=O)NC(=O)CNC(C)CCCC(C)C(=O)O. The van der Waals surface area contributed by atoms with Gasteiger partial charge in [-0.2, -0.15) is 0 Å². The van der Waals surface area contributed by atoms with Crippen LogP contribution in [-0.4, -0.2) is 42.1 Å². The van der Waals surface area contributed by atoms with Gasteiger partial charge in [0.2, 0.25) is 5.91 Å². The summed E-state index contributed by atoms with van der Waals surface area (Å²) >= 11 is 0. The predicted octanol–water partition coefficient (Wildman–Crippen LogP) is 0.701. The standard InChI is InChI=1S/C13H25N3O4/c1-4-14-13(20)16-11(17)8-15-10(3)7-5-6-9(2)12(18)19/h9-10,15H,4-8H2,1-3H3,(H,18,19)(H2,14,16,17,20). The molecule has 0 saturated carbocycles. The number of carboxylic acids is 1. The second-order valence-electron chi connectivity index (χ2n) is 4.86. The number of urea groups is 1. The summed E-state index contributed by atoms with van der Waals surface area (Å²) in [7, 11) is 0. The molecule has 7 heteroatoms. The van der Waals surface area contributed by atoms with Crippen LogP contribution in [0.25, 0.3) is 0 Å². The highest BCUT2D eigenvalue weighted by molar-refractivity contribution is 5.95. The highest BCUT2D eigenvalue weighted by Gasteiger charge is 2.12. The molecule has 0 spiro atoms. The maximum atomic E-state index is 11.4. The van der Waals surface area contributed by atoms with E-state index >= 15 is 0 Å². The minimum absolute atomic E-state index is 0.0623. The van der Waals surface area contributed by atoms with E-state index in [1.807, 2.05) is 6.92 Å². The number of hydrogen-bond acceptors (Lipinski definition) is 4. The Labute approximate surface area is 119 Å². The number of carboxylic acid groups (broad SMARTS) is 1. The Morgan fingerprint density at radius 3 is 2.35 bits per heavy atom. The molecule has 0 aliphatic rings. The zero-order valence-electron chi connectivity index (χ0n) is 12.4. The van der Waals surface area contributed by atoms with Crippen LogP contribution in [0.2, 0.25) is 0 Å². The maximum Gasteiger partial charge on any atom is 0.321 e. The molecule has 20 heavy (non-hydrogen) atoms. The summed E-state index contributed by atoms with van der Waals surface area (Å²) in [6.45, 7) is 5.89. The lowest BCUT2D eigenvalue weighted by molar-refractivity contribution is -0.141. The van der Waals surface area contributed by atoms with E-state index in [1.54, 1.807) is 13.8 Å². The lowest BCUT2D eigenvalue weighted by Gasteiger charge is -2.14. The fraction of sp³-hybridized carbons (Fsp3) is 0.769. The summed E-state index contributed by atoms with van der Waals surface area (Å²) in [5, 5.41) is 16.4. The van der Waals surface area contributed by atoms with Crippen molar-refractivity contribution >= 4 is 17.9 Å². The van der Waals surface area contributed by atoms with Gasteiger partial charge in [-0.25, -0.2) is 4.79 Å². The number of hydrogen-bond donors (Lipinski definition) is 4. The van der Waals surface area contributed by atoms with Gasteiger partial charge in [0.15, 0.2) is 0 Å². The summed E-state index contributed by atoms with van der Waals surface area (Å²) in [5.41, 5.74) is 0. The Morgan fingerprint density at radius 2 is 1.80 bits per heavy atom. The fourth-order valence-electron chi connectivity index (χ4n) is 1.60. The van der Waals surface area contributed by atoms with Gasteiger partial charge in [-0.3, -0.25) is 14.9 Å². The molecule has 2 atom stereocenters. The van der Waals surface area contributed by atoms with Gasteiger partial charge in [0.25, 0.3) is 0 Å². The minimum Gasteiger partial charge on any atom is -0.481 e. The van der Waals surface area contributed by atoms with Crippen molar-refractivity contribution in [1.29, 1.82) is 0 Å². The number of amides is 3. The summed E-state index contributed by atoms with van der Waals surface area (Å²) in [4.78, 5) is 33.1. The van der Waals surface area contributed by atoms with Crippen LogP contribution in [0.1, 0.15) is 40.0 Å². The van der Waals surface area contributed by atoms with Crippen LogP contribution >= 0.6 is 0 Å². The molecular formula is C13H25N3O4. The first-order valence-corrected chi connectivity index (χ1v) is 6.90. The van der Waals surface area contributed by atoms with Crippen molar-refractivity contribution < 1.29 is 19.5 Å². The number of aliphatic carboxylic acids is 1. The molecule has 0 aromatic heterocycles. The van der Waals surface area contributed by atoms with Crippen molar-refractivity contribution in [2.45, 2.75) is 46.1 Å². The highest BCUT2D eigenvalue weighted by atomic mass is 16.4. The van der Waals surface area contributed by atoms with Gasteiger partial charge in [0, 0.05) is 12.6 Å². The lowest BCUT2D eigenvalue weighted by Crippen LogP contribution is -2.44. The molecular weight excluding hydrogens is 262 g/mol. The molecule has 3 amide bonds. The van der Waals surface area contributed by atoms with Crippen LogP contribution in [0, 0.1) is 5.92 Å². The van der Waals surface area contributed by atoms with Gasteiger partial charge in [0.05, 0.1) is 12.5 Å². The van der Waals surface area contributed by atoms with Crippen LogP contribution in [0.15, 0.2) is 0 Å². The normalized spacial score (nSPS) is 13.3. The van der Waals surface area contributed by atoms with E-state index in [2.05, 4.69) is 16.0 Å². The minimum atomic E-state index is -0.785. The molecule has 0 aliphatic carbocycles. The van der Waals surface area contributed by atoms with Gasteiger partial charge in [-0.15, -0.1) is 0 Å². The van der Waals surface area contributed by atoms with Crippen molar-refractivity contribution in [2.24, 2.45) is 5.92 Å². The second-order valence-corrected chi connectivity index (χ2v) is 4.86. The second kappa shape index (κ2) is 10.2. The number of rotatable bonds is 9. The van der Waals surface area contributed by atoms with Crippen LogP contribution in [0.3, 0.4) is 0 Å². The monoisotopic (exact) mass is 287 g/mol. The van der Waals surface area contributed by atoms with Crippen molar-refractivity contribution in [3.63, 3.8) is 0 Å². The first kappa shape index (κ1) is 18.4. The first-order chi connectivity index (χ1) is 9.36. The number of carbonyl (C=O) groups is 3. The van der Waals surface area contributed by atoms with E-state index in [9.17, 15) is 14.4 Å². The lowest BCUT2D eigenvalue weighted by atomic mass is 10.0. The Balaban J connectivity index is 3.71.